The van der Waals surface area contributed by atoms with Crippen molar-refractivity contribution < 1.29 is 12.8 Å². The normalized spacial score (nSPS) is 16.1. The number of aromatic nitrogens is 4. The molecule has 7 nitrogen and oxygen atoms in total. The lowest BCUT2D eigenvalue weighted by molar-refractivity contribution is 0.370. The van der Waals surface area contributed by atoms with Gasteiger partial charge in [-0.25, -0.2) is 9.37 Å². The molecular formula is C18H20FN5O2S. The summed E-state index contributed by atoms with van der Waals surface area (Å²) in [6.07, 6.45) is 4.19. The van der Waals surface area contributed by atoms with Gasteiger partial charge in [0.1, 0.15) is 11.6 Å². The topological polar surface area (TPSA) is 73.0 Å². The van der Waals surface area contributed by atoms with Crippen LogP contribution in [0.2, 0.25) is 0 Å². The second-order valence-corrected chi connectivity index (χ2v) is 8.55. The Morgan fingerprint density at radius 1 is 1.22 bits per heavy atom. The Hall–Kier alpha value is -2.52. The number of halogens is 1. The third-order valence-corrected chi connectivity index (χ3v) is 6.36. The molecule has 1 aliphatic heterocycles. The van der Waals surface area contributed by atoms with Crippen molar-refractivity contribution in [3.8, 4) is 0 Å². The largest absolute Gasteiger partial charge is 0.337 e. The molecule has 0 amide bonds. The zero-order valence-electron chi connectivity index (χ0n) is 15.3. The molecule has 0 saturated heterocycles. The smallest absolute Gasteiger partial charge is 0.302 e. The zero-order valence-corrected chi connectivity index (χ0v) is 16.2. The van der Waals surface area contributed by atoms with Crippen LogP contribution >= 0.6 is 0 Å². The Morgan fingerprint density at radius 2 is 2.00 bits per heavy atom. The minimum atomic E-state index is -4.00. The number of nitrogens with zero attached hydrogens (tertiary/aromatic N) is 5. The quantitative estimate of drug-likeness (QED) is 0.687. The summed E-state index contributed by atoms with van der Waals surface area (Å²) in [6, 6.07) is 4.03. The maximum atomic E-state index is 13.9. The monoisotopic (exact) mass is 389 g/mol. The molecule has 0 spiro atoms. The number of likely N-dealkylation sites (N-methyl/N-ethyl adjacent to an activating group) is 1. The van der Waals surface area contributed by atoms with E-state index in [-0.39, 0.29) is 5.03 Å². The van der Waals surface area contributed by atoms with Crippen LogP contribution in [0.3, 0.4) is 0 Å². The average molecular weight is 389 g/mol. The highest BCUT2D eigenvalue weighted by molar-refractivity contribution is 7.89. The Kier molecular flexibility index (Phi) is 4.15. The number of fused-ring (bicyclic) bond motifs is 1. The average Bonchev–Trinajstić information content (AvgIpc) is 3.17. The van der Waals surface area contributed by atoms with Gasteiger partial charge in [-0.1, -0.05) is 6.08 Å². The number of aryl methyl sites for hydroxylation is 2. The van der Waals surface area contributed by atoms with Gasteiger partial charge in [-0.05, 0) is 44.2 Å². The van der Waals surface area contributed by atoms with Gasteiger partial charge in [-0.15, -0.1) is 0 Å². The molecule has 0 fully saturated rings. The fraction of sp³-hybridized carbons (Fsp3) is 0.333. The van der Waals surface area contributed by atoms with E-state index >= 15 is 0 Å². The van der Waals surface area contributed by atoms with E-state index in [0.29, 0.717) is 22.4 Å². The van der Waals surface area contributed by atoms with Crippen molar-refractivity contribution in [3.63, 3.8) is 0 Å². The van der Waals surface area contributed by atoms with Crippen molar-refractivity contribution in [2.45, 2.75) is 18.4 Å². The van der Waals surface area contributed by atoms with E-state index in [9.17, 15) is 12.8 Å². The van der Waals surface area contributed by atoms with Crippen LogP contribution in [0.4, 0.5) is 4.39 Å². The van der Waals surface area contributed by atoms with Crippen LogP contribution in [0, 0.1) is 12.7 Å². The van der Waals surface area contributed by atoms with Gasteiger partial charge in [-0.2, -0.15) is 17.6 Å². The van der Waals surface area contributed by atoms with Gasteiger partial charge in [-0.3, -0.25) is 0 Å². The van der Waals surface area contributed by atoms with Crippen LogP contribution in [0.1, 0.15) is 17.9 Å². The highest BCUT2D eigenvalue weighted by Crippen LogP contribution is 2.31. The minimum Gasteiger partial charge on any atom is -0.337 e. The van der Waals surface area contributed by atoms with E-state index in [4.69, 9.17) is 0 Å². The molecule has 0 unspecified atom stereocenters. The second-order valence-electron chi connectivity index (χ2n) is 6.84. The lowest BCUT2D eigenvalue weighted by Crippen LogP contribution is -2.24. The zero-order chi connectivity index (χ0) is 19.3. The van der Waals surface area contributed by atoms with Gasteiger partial charge >= 0.3 is 10.0 Å². The Bertz CT molecular complexity index is 1160. The maximum Gasteiger partial charge on any atom is 0.302 e. The summed E-state index contributed by atoms with van der Waals surface area (Å²) in [7, 11) is -0.255. The lowest BCUT2D eigenvalue weighted by atomic mass is 10.0. The summed E-state index contributed by atoms with van der Waals surface area (Å²) in [5.74, 6) is 0.150. The maximum absolute atomic E-state index is 13.9. The van der Waals surface area contributed by atoms with E-state index in [1.54, 1.807) is 18.5 Å². The van der Waals surface area contributed by atoms with Crippen LogP contribution in [0.15, 0.2) is 35.5 Å². The number of hydrogen-bond donors (Lipinski definition) is 0. The molecule has 0 saturated carbocycles. The van der Waals surface area contributed by atoms with Crippen molar-refractivity contribution in [3.05, 3.63) is 47.8 Å². The predicted octanol–water partition coefficient (Wildman–Crippen LogP) is 2.17. The van der Waals surface area contributed by atoms with Crippen LogP contribution in [0.25, 0.3) is 16.5 Å². The third-order valence-electron chi connectivity index (χ3n) is 4.91. The molecule has 2 aromatic heterocycles. The van der Waals surface area contributed by atoms with Gasteiger partial charge in [0.25, 0.3) is 0 Å². The molecule has 0 atom stereocenters. The fourth-order valence-corrected chi connectivity index (χ4v) is 4.53. The van der Waals surface area contributed by atoms with E-state index in [1.807, 2.05) is 13.1 Å². The molecule has 1 aliphatic rings. The molecule has 0 aliphatic carbocycles. The number of benzene rings is 1. The van der Waals surface area contributed by atoms with Crippen molar-refractivity contribution in [1.82, 2.24) is 23.6 Å². The van der Waals surface area contributed by atoms with E-state index < -0.39 is 15.8 Å². The molecule has 142 valence electrons. The van der Waals surface area contributed by atoms with Crippen LogP contribution in [-0.2, 0) is 17.1 Å². The molecule has 0 N–H and O–H groups in total. The number of imidazole rings is 1. The summed E-state index contributed by atoms with van der Waals surface area (Å²) >= 11 is 0. The number of rotatable bonds is 3. The first-order valence-corrected chi connectivity index (χ1v) is 10.0. The first-order valence-electron chi connectivity index (χ1n) is 8.59. The first kappa shape index (κ1) is 17.9. The van der Waals surface area contributed by atoms with Gasteiger partial charge in [0.15, 0.2) is 5.03 Å². The molecule has 1 aromatic carbocycles. The third kappa shape index (κ3) is 2.96. The highest BCUT2D eigenvalue weighted by Gasteiger charge is 2.27. The van der Waals surface area contributed by atoms with Crippen LogP contribution < -0.4 is 0 Å². The Morgan fingerprint density at radius 3 is 2.63 bits per heavy atom. The van der Waals surface area contributed by atoms with Gasteiger partial charge in [0.05, 0.1) is 11.2 Å². The highest BCUT2D eigenvalue weighted by atomic mass is 32.2. The van der Waals surface area contributed by atoms with Crippen LogP contribution in [-0.4, -0.2) is 52.2 Å². The standard InChI is InChI=1S/C18H20FN5O2S/c1-12-20-17(11-23(12)3)27(25,26)24-16-5-4-14(19)10-15(16)18(21-24)13-6-8-22(2)9-7-13/h4-6,10-11H,7-9H2,1-3H3. The fourth-order valence-electron chi connectivity index (χ4n) is 3.21. The van der Waals surface area contributed by atoms with Gasteiger partial charge < -0.3 is 9.47 Å². The Labute approximate surface area is 156 Å². The molecule has 27 heavy (non-hydrogen) atoms. The van der Waals surface area contributed by atoms with E-state index in [1.165, 1.54) is 24.4 Å². The summed E-state index contributed by atoms with van der Waals surface area (Å²) in [6.45, 7) is 3.30. The summed E-state index contributed by atoms with van der Waals surface area (Å²) < 4.78 is 42.8. The molecule has 0 radical (unpaired) electrons. The molecule has 0 bridgehead atoms. The van der Waals surface area contributed by atoms with Gasteiger partial charge in [0.2, 0.25) is 0 Å². The molecule has 4 rings (SSSR count). The van der Waals surface area contributed by atoms with E-state index in [2.05, 4.69) is 15.0 Å². The summed E-state index contributed by atoms with van der Waals surface area (Å²) in [5.41, 5.74) is 1.78. The van der Waals surface area contributed by atoms with Crippen LogP contribution in [0.5, 0.6) is 0 Å². The molecular weight excluding hydrogens is 369 g/mol. The Balaban J connectivity index is 1.94. The summed E-state index contributed by atoms with van der Waals surface area (Å²) in [5, 5.41) is 4.80. The van der Waals surface area contributed by atoms with Crippen molar-refractivity contribution in [1.29, 1.82) is 0 Å². The lowest BCUT2D eigenvalue weighted by Gasteiger charge is -2.21. The summed E-state index contributed by atoms with van der Waals surface area (Å²) in [4.78, 5) is 6.28. The second kappa shape index (κ2) is 6.28. The van der Waals surface area contributed by atoms with Gasteiger partial charge in [0, 0.05) is 31.7 Å². The first-order chi connectivity index (χ1) is 12.8. The van der Waals surface area contributed by atoms with Crippen molar-refractivity contribution in [2.24, 2.45) is 7.05 Å². The van der Waals surface area contributed by atoms with E-state index in [0.717, 1.165) is 29.2 Å². The molecule has 9 heteroatoms. The number of hydrogen-bond acceptors (Lipinski definition) is 5. The van der Waals surface area contributed by atoms with Crippen molar-refractivity contribution >= 4 is 26.5 Å². The minimum absolute atomic E-state index is 0.0832. The SMILES string of the molecule is Cc1nc(S(=O)(=O)n2nc(C3=CCN(C)CC3)c3cc(F)ccc32)cn1C. The predicted molar refractivity (Wildman–Crippen MR) is 100 cm³/mol. The molecule has 3 heterocycles. The molecule has 3 aromatic rings. The van der Waals surface area contributed by atoms with Crippen molar-refractivity contribution in [2.75, 3.05) is 20.1 Å².